The van der Waals surface area contributed by atoms with Crippen LogP contribution in [0.15, 0.2) is 53.1 Å². The van der Waals surface area contributed by atoms with Gasteiger partial charge in [-0.1, -0.05) is 47.1 Å². The van der Waals surface area contributed by atoms with Crippen LogP contribution in [0.3, 0.4) is 0 Å². The van der Waals surface area contributed by atoms with Crippen molar-refractivity contribution < 1.29 is 13.7 Å². The number of ether oxygens (including phenoxy) is 1. The van der Waals surface area contributed by atoms with E-state index in [1.807, 2.05) is 44.3 Å². The largest absolute Gasteiger partial charge is 0.476 e. The third-order valence-electron chi connectivity index (χ3n) is 3.94. The molecule has 0 saturated heterocycles. The van der Waals surface area contributed by atoms with Crippen molar-refractivity contribution in [1.29, 1.82) is 0 Å². The Balaban J connectivity index is 1.90. The van der Waals surface area contributed by atoms with Gasteiger partial charge in [0, 0.05) is 24.1 Å². The van der Waals surface area contributed by atoms with Crippen molar-refractivity contribution in [3.63, 3.8) is 0 Å². The molecule has 0 fully saturated rings. The molecule has 0 radical (unpaired) electrons. The molecule has 0 aliphatic rings. The van der Waals surface area contributed by atoms with Gasteiger partial charge in [0.1, 0.15) is 11.6 Å². The van der Waals surface area contributed by atoms with Crippen LogP contribution in [0.4, 0.5) is 4.39 Å². The van der Waals surface area contributed by atoms with Gasteiger partial charge in [0.25, 0.3) is 5.89 Å². The number of halogens is 2. The molecule has 1 aromatic heterocycles. The highest BCUT2D eigenvalue weighted by atomic mass is 35.5. The van der Waals surface area contributed by atoms with Gasteiger partial charge in [0.2, 0.25) is 6.10 Å². The van der Waals surface area contributed by atoms with Gasteiger partial charge >= 0.3 is 0 Å². The SMILES string of the molecule is CNC(C)Cc1noc(C(Oc2ccc(F)c(Cl)c2)c2ccccc2)n1. The molecule has 1 N–H and O–H groups in total. The van der Waals surface area contributed by atoms with Crippen molar-refractivity contribution in [1.82, 2.24) is 15.5 Å². The zero-order valence-corrected chi connectivity index (χ0v) is 15.2. The maximum Gasteiger partial charge on any atom is 0.272 e. The molecule has 136 valence electrons. The van der Waals surface area contributed by atoms with Gasteiger partial charge < -0.3 is 14.6 Å². The van der Waals surface area contributed by atoms with Gasteiger partial charge in [-0.05, 0) is 26.1 Å². The summed E-state index contributed by atoms with van der Waals surface area (Å²) in [6.07, 6.45) is 0.00744. The zero-order valence-electron chi connectivity index (χ0n) is 14.4. The molecule has 5 nitrogen and oxygen atoms in total. The van der Waals surface area contributed by atoms with Gasteiger partial charge in [-0.15, -0.1) is 0 Å². The van der Waals surface area contributed by atoms with E-state index in [1.54, 1.807) is 0 Å². The van der Waals surface area contributed by atoms with E-state index in [-0.39, 0.29) is 11.1 Å². The Morgan fingerprint density at radius 2 is 2.00 bits per heavy atom. The molecule has 2 unspecified atom stereocenters. The molecule has 0 aliphatic heterocycles. The first-order valence-electron chi connectivity index (χ1n) is 8.23. The second-order valence-corrected chi connectivity index (χ2v) is 6.33. The molecule has 2 aromatic carbocycles. The molecular formula is C19H19ClFN3O2. The first kappa shape index (κ1) is 18.4. The minimum Gasteiger partial charge on any atom is -0.476 e. The number of nitrogens with one attached hydrogen (secondary N) is 1. The Morgan fingerprint density at radius 1 is 1.23 bits per heavy atom. The summed E-state index contributed by atoms with van der Waals surface area (Å²) in [5.41, 5.74) is 0.838. The summed E-state index contributed by atoms with van der Waals surface area (Å²) < 4.78 is 24.8. The van der Waals surface area contributed by atoms with Crippen LogP contribution < -0.4 is 10.1 Å². The Morgan fingerprint density at radius 3 is 2.69 bits per heavy atom. The maximum absolute atomic E-state index is 13.4. The molecule has 2 atom stereocenters. The summed E-state index contributed by atoms with van der Waals surface area (Å²) in [6.45, 7) is 2.03. The van der Waals surface area contributed by atoms with E-state index in [2.05, 4.69) is 15.5 Å². The van der Waals surface area contributed by atoms with Crippen molar-refractivity contribution in [2.75, 3.05) is 7.05 Å². The fourth-order valence-corrected chi connectivity index (χ4v) is 2.58. The number of rotatable bonds is 7. The van der Waals surface area contributed by atoms with Gasteiger partial charge in [-0.25, -0.2) is 4.39 Å². The number of hydrogen-bond acceptors (Lipinski definition) is 5. The molecular weight excluding hydrogens is 357 g/mol. The van der Waals surface area contributed by atoms with Crippen LogP contribution in [0.2, 0.25) is 5.02 Å². The van der Waals surface area contributed by atoms with Crippen molar-refractivity contribution in [2.24, 2.45) is 0 Å². The van der Waals surface area contributed by atoms with Crippen LogP contribution in [0.5, 0.6) is 5.75 Å². The van der Waals surface area contributed by atoms with E-state index in [1.165, 1.54) is 18.2 Å². The van der Waals surface area contributed by atoms with E-state index in [0.29, 0.717) is 23.9 Å². The van der Waals surface area contributed by atoms with Gasteiger partial charge in [-0.2, -0.15) is 4.98 Å². The standard InChI is InChI=1S/C19H19ClFN3O2/c1-12(22-2)10-17-23-19(26-24-17)18(13-6-4-3-5-7-13)25-14-8-9-16(21)15(20)11-14/h3-9,11-12,18,22H,10H2,1-2H3. The predicted octanol–water partition coefficient (Wildman–Crippen LogP) is 4.18. The molecule has 0 amide bonds. The first-order valence-corrected chi connectivity index (χ1v) is 8.61. The van der Waals surface area contributed by atoms with E-state index in [0.717, 1.165) is 5.56 Å². The van der Waals surface area contributed by atoms with Crippen molar-refractivity contribution in [3.8, 4) is 5.75 Å². The second kappa shape index (κ2) is 8.29. The highest BCUT2D eigenvalue weighted by Crippen LogP contribution is 2.30. The lowest BCUT2D eigenvalue weighted by molar-refractivity contribution is 0.193. The highest BCUT2D eigenvalue weighted by molar-refractivity contribution is 6.30. The molecule has 7 heteroatoms. The van der Waals surface area contributed by atoms with Crippen LogP contribution in [0.25, 0.3) is 0 Å². The lowest BCUT2D eigenvalue weighted by Gasteiger charge is -2.16. The quantitative estimate of drug-likeness (QED) is 0.671. The number of hydrogen-bond donors (Lipinski definition) is 1. The van der Waals surface area contributed by atoms with Crippen LogP contribution >= 0.6 is 11.6 Å². The van der Waals surface area contributed by atoms with Crippen molar-refractivity contribution in [2.45, 2.75) is 25.5 Å². The molecule has 26 heavy (non-hydrogen) atoms. The van der Waals surface area contributed by atoms with Crippen LogP contribution in [0.1, 0.15) is 30.3 Å². The molecule has 0 spiro atoms. The Bertz CT molecular complexity index is 857. The normalized spacial score (nSPS) is 13.4. The second-order valence-electron chi connectivity index (χ2n) is 5.93. The monoisotopic (exact) mass is 375 g/mol. The fourth-order valence-electron chi connectivity index (χ4n) is 2.41. The highest BCUT2D eigenvalue weighted by Gasteiger charge is 2.24. The lowest BCUT2D eigenvalue weighted by atomic mass is 10.1. The molecule has 0 saturated carbocycles. The van der Waals surface area contributed by atoms with Crippen LogP contribution in [-0.4, -0.2) is 23.2 Å². The van der Waals surface area contributed by atoms with Crippen molar-refractivity contribution in [3.05, 3.63) is 76.6 Å². The summed E-state index contributed by atoms with van der Waals surface area (Å²) >= 11 is 5.85. The molecule has 3 rings (SSSR count). The number of nitrogens with zero attached hydrogens (tertiary/aromatic N) is 2. The van der Waals surface area contributed by atoms with Gasteiger partial charge in [0.05, 0.1) is 5.02 Å². The average Bonchev–Trinajstić information content (AvgIpc) is 3.11. The predicted molar refractivity (Wildman–Crippen MR) is 96.8 cm³/mol. The number of aromatic nitrogens is 2. The molecule has 0 aliphatic carbocycles. The molecule has 1 heterocycles. The smallest absolute Gasteiger partial charge is 0.272 e. The average molecular weight is 376 g/mol. The molecule has 0 bridgehead atoms. The molecule has 3 aromatic rings. The fraction of sp³-hybridized carbons (Fsp3) is 0.263. The van der Waals surface area contributed by atoms with Crippen LogP contribution in [0, 0.1) is 5.82 Å². The summed E-state index contributed by atoms with van der Waals surface area (Å²) in [5, 5.41) is 7.15. The summed E-state index contributed by atoms with van der Waals surface area (Å²) in [5.74, 6) is 0.823. The minimum absolute atomic E-state index is 0.0108. The van der Waals surface area contributed by atoms with Gasteiger partial charge in [-0.3, -0.25) is 0 Å². The Kier molecular flexibility index (Phi) is 5.85. The van der Waals surface area contributed by atoms with E-state index in [4.69, 9.17) is 20.9 Å². The Hall–Kier alpha value is -2.44. The third-order valence-corrected chi connectivity index (χ3v) is 4.23. The van der Waals surface area contributed by atoms with Crippen LogP contribution in [-0.2, 0) is 6.42 Å². The summed E-state index contributed by atoms with van der Waals surface area (Å²) in [7, 11) is 1.87. The number of likely N-dealkylation sites (N-methyl/N-ethyl adjacent to an activating group) is 1. The van der Waals surface area contributed by atoms with E-state index < -0.39 is 11.9 Å². The maximum atomic E-state index is 13.4. The Labute approximate surface area is 156 Å². The van der Waals surface area contributed by atoms with Gasteiger partial charge in [0.15, 0.2) is 5.82 Å². The minimum atomic E-state index is -0.621. The first-order chi connectivity index (χ1) is 12.6. The topological polar surface area (TPSA) is 60.2 Å². The summed E-state index contributed by atoms with van der Waals surface area (Å²) in [6, 6.07) is 13.9. The van der Waals surface area contributed by atoms with Crippen molar-refractivity contribution >= 4 is 11.6 Å². The lowest BCUT2D eigenvalue weighted by Crippen LogP contribution is -2.24. The van der Waals surface area contributed by atoms with E-state index >= 15 is 0 Å². The zero-order chi connectivity index (χ0) is 18.5. The summed E-state index contributed by atoms with van der Waals surface area (Å²) in [4.78, 5) is 4.46. The van der Waals surface area contributed by atoms with E-state index in [9.17, 15) is 4.39 Å². The number of benzene rings is 2. The third kappa shape index (κ3) is 4.39.